The highest BCUT2D eigenvalue weighted by molar-refractivity contribution is 8.00. The first-order valence-corrected chi connectivity index (χ1v) is 10.4. The van der Waals surface area contributed by atoms with Crippen molar-refractivity contribution in [1.82, 2.24) is 9.88 Å². The van der Waals surface area contributed by atoms with Crippen LogP contribution >= 0.6 is 23.5 Å². The van der Waals surface area contributed by atoms with Crippen LogP contribution in [0.2, 0.25) is 0 Å². The first kappa shape index (κ1) is 16.5. The number of carbonyl (C=O) groups is 1. The van der Waals surface area contributed by atoms with E-state index < -0.39 is 0 Å². The fourth-order valence-corrected chi connectivity index (χ4v) is 5.11. The van der Waals surface area contributed by atoms with Gasteiger partial charge in [-0.05, 0) is 29.8 Å². The minimum Gasteiger partial charge on any atom is -0.468 e. The number of benzene rings is 1. The molecule has 1 aliphatic heterocycles. The lowest BCUT2D eigenvalue weighted by Crippen LogP contribution is -2.30. The lowest BCUT2D eigenvalue weighted by atomic mass is 10.1. The van der Waals surface area contributed by atoms with Crippen LogP contribution in [0.1, 0.15) is 16.7 Å². The van der Waals surface area contributed by atoms with Crippen LogP contribution in [0, 0.1) is 0 Å². The third-order valence-corrected chi connectivity index (χ3v) is 6.42. The van der Waals surface area contributed by atoms with Crippen molar-refractivity contribution in [2.24, 2.45) is 0 Å². The topological polar surface area (TPSA) is 46.3 Å². The zero-order chi connectivity index (χ0) is 17.1. The molecule has 4 nitrogen and oxygen atoms in total. The molecule has 1 aliphatic rings. The summed E-state index contributed by atoms with van der Waals surface area (Å²) in [4.78, 5) is 18.8. The molecular weight excluding hydrogens is 352 g/mol. The first-order valence-electron chi connectivity index (χ1n) is 8.18. The van der Waals surface area contributed by atoms with Crippen LogP contribution in [0.25, 0.3) is 10.9 Å². The Morgan fingerprint density at radius 2 is 2.16 bits per heavy atom. The van der Waals surface area contributed by atoms with Crippen molar-refractivity contribution in [3.63, 3.8) is 0 Å². The number of hydrogen-bond acceptors (Lipinski definition) is 5. The molecule has 3 heterocycles. The highest BCUT2D eigenvalue weighted by Gasteiger charge is 2.33. The third-order valence-electron chi connectivity index (χ3n) is 4.22. The maximum absolute atomic E-state index is 12.4. The molecule has 6 heteroatoms. The molecule has 2 aromatic heterocycles. The normalized spacial score (nSPS) is 17.5. The summed E-state index contributed by atoms with van der Waals surface area (Å²) < 4.78 is 5.35. The van der Waals surface area contributed by atoms with Crippen LogP contribution in [0.15, 0.2) is 59.3 Å². The Bertz CT molecular complexity index is 862. The number of pyridine rings is 1. The number of para-hydroxylation sites is 1. The van der Waals surface area contributed by atoms with Crippen LogP contribution in [0.4, 0.5) is 0 Å². The number of amides is 1. The second-order valence-electron chi connectivity index (χ2n) is 5.80. The van der Waals surface area contributed by atoms with Crippen molar-refractivity contribution in [3.05, 3.63) is 66.2 Å². The summed E-state index contributed by atoms with van der Waals surface area (Å²) in [6.45, 7) is 0.749. The number of rotatable bonds is 6. The smallest absolute Gasteiger partial charge is 0.233 e. The van der Waals surface area contributed by atoms with Crippen LogP contribution in [-0.2, 0) is 10.5 Å². The SMILES string of the molecule is O=C1CSC(c2ccnc3ccccc23)N1CCSCc1ccco1. The summed E-state index contributed by atoms with van der Waals surface area (Å²) in [6, 6.07) is 14.1. The summed E-state index contributed by atoms with van der Waals surface area (Å²) in [5.41, 5.74) is 2.16. The first-order chi connectivity index (χ1) is 12.3. The molecule has 25 heavy (non-hydrogen) atoms. The number of carbonyl (C=O) groups excluding carboxylic acids is 1. The van der Waals surface area contributed by atoms with Crippen molar-refractivity contribution in [2.75, 3.05) is 18.1 Å². The minimum absolute atomic E-state index is 0.0737. The van der Waals surface area contributed by atoms with E-state index in [2.05, 4.69) is 11.1 Å². The third kappa shape index (κ3) is 3.55. The molecule has 1 aromatic carbocycles. The summed E-state index contributed by atoms with van der Waals surface area (Å²) in [5.74, 6) is 3.47. The van der Waals surface area contributed by atoms with E-state index in [0.717, 1.165) is 34.7 Å². The number of furan rings is 1. The highest BCUT2D eigenvalue weighted by Crippen LogP contribution is 2.41. The minimum atomic E-state index is 0.0737. The van der Waals surface area contributed by atoms with Crippen molar-refractivity contribution in [2.45, 2.75) is 11.1 Å². The van der Waals surface area contributed by atoms with E-state index in [1.165, 1.54) is 5.56 Å². The van der Waals surface area contributed by atoms with Crippen molar-refractivity contribution in [3.8, 4) is 0 Å². The summed E-state index contributed by atoms with van der Waals surface area (Å²) in [6.07, 6.45) is 3.53. The molecular formula is C19H18N2O2S2. The van der Waals surface area contributed by atoms with Gasteiger partial charge in [0.15, 0.2) is 0 Å². The second kappa shape index (κ2) is 7.54. The monoisotopic (exact) mass is 370 g/mol. The number of aromatic nitrogens is 1. The zero-order valence-electron chi connectivity index (χ0n) is 13.6. The van der Waals surface area contributed by atoms with Gasteiger partial charge in [0.1, 0.15) is 11.1 Å². The summed E-state index contributed by atoms with van der Waals surface area (Å²) >= 11 is 3.49. The van der Waals surface area contributed by atoms with Gasteiger partial charge in [0.2, 0.25) is 5.91 Å². The summed E-state index contributed by atoms with van der Waals surface area (Å²) in [5, 5.41) is 1.20. The number of nitrogens with zero attached hydrogens (tertiary/aromatic N) is 2. The zero-order valence-corrected chi connectivity index (χ0v) is 15.3. The van der Waals surface area contributed by atoms with Crippen LogP contribution in [0.5, 0.6) is 0 Å². The van der Waals surface area contributed by atoms with Crippen LogP contribution < -0.4 is 0 Å². The molecule has 0 aliphatic carbocycles. The molecule has 0 spiro atoms. The lowest BCUT2D eigenvalue weighted by molar-refractivity contribution is -0.127. The Balaban J connectivity index is 1.47. The molecule has 128 valence electrons. The summed E-state index contributed by atoms with van der Waals surface area (Å²) in [7, 11) is 0. The lowest BCUT2D eigenvalue weighted by Gasteiger charge is -2.25. The molecule has 1 unspecified atom stereocenters. The van der Waals surface area contributed by atoms with Gasteiger partial charge in [0, 0.05) is 23.9 Å². The van der Waals surface area contributed by atoms with Crippen LogP contribution in [0.3, 0.4) is 0 Å². The van der Waals surface area contributed by atoms with E-state index in [9.17, 15) is 4.79 Å². The Morgan fingerprint density at radius 1 is 1.24 bits per heavy atom. The van der Waals surface area contributed by atoms with E-state index in [0.29, 0.717) is 5.75 Å². The number of fused-ring (bicyclic) bond motifs is 1. The van der Waals surface area contributed by atoms with Crippen molar-refractivity contribution in [1.29, 1.82) is 0 Å². The average Bonchev–Trinajstić information content (AvgIpc) is 3.28. The van der Waals surface area contributed by atoms with Gasteiger partial charge in [-0.15, -0.1) is 11.8 Å². The maximum Gasteiger partial charge on any atom is 0.233 e. The van der Waals surface area contributed by atoms with Crippen molar-refractivity contribution >= 4 is 40.3 Å². The standard InChI is InChI=1S/C19H18N2O2S2/c22-18-13-25-19(16-7-8-20-17-6-2-1-5-15(16)17)21(18)9-11-24-12-14-4-3-10-23-14/h1-8,10,19H,9,11-13H2. The number of thioether (sulfide) groups is 2. The molecule has 1 atom stereocenters. The van der Waals surface area contributed by atoms with Gasteiger partial charge in [-0.3, -0.25) is 9.78 Å². The van der Waals surface area contributed by atoms with Gasteiger partial charge >= 0.3 is 0 Å². The largest absolute Gasteiger partial charge is 0.468 e. The van der Waals surface area contributed by atoms with E-state index in [1.54, 1.807) is 29.8 Å². The molecule has 1 fully saturated rings. The predicted octanol–water partition coefficient (Wildman–Crippen LogP) is 4.34. The molecule has 4 rings (SSSR count). The molecule has 0 saturated carbocycles. The Hall–Kier alpha value is -1.92. The molecule has 0 N–H and O–H groups in total. The van der Waals surface area contributed by atoms with E-state index >= 15 is 0 Å². The molecule has 1 amide bonds. The van der Waals surface area contributed by atoms with Gasteiger partial charge in [0.05, 0.1) is 23.3 Å². The predicted molar refractivity (Wildman–Crippen MR) is 104 cm³/mol. The quantitative estimate of drug-likeness (QED) is 0.604. The Labute approximate surface area is 155 Å². The number of hydrogen-bond donors (Lipinski definition) is 0. The van der Waals surface area contributed by atoms with Gasteiger partial charge in [-0.1, -0.05) is 18.2 Å². The van der Waals surface area contributed by atoms with Gasteiger partial charge in [-0.2, -0.15) is 11.8 Å². The van der Waals surface area contributed by atoms with Gasteiger partial charge in [-0.25, -0.2) is 0 Å². The molecule has 0 bridgehead atoms. The molecule has 0 radical (unpaired) electrons. The van der Waals surface area contributed by atoms with E-state index in [1.807, 2.05) is 47.5 Å². The molecule has 3 aromatic rings. The van der Waals surface area contributed by atoms with Gasteiger partial charge < -0.3 is 9.32 Å². The second-order valence-corrected chi connectivity index (χ2v) is 7.97. The Morgan fingerprint density at radius 3 is 3.04 bits per heavy atom. The van der Waals surface area contributed by atoms with E-state index in [-0.39, 0.29) is 11.3 Å². The maximum atomic E-state index is 12.4. The highest BCUT2D eigenvalue weighted by atomic mass is 32.2. The van der Waals surface area contributed by atoms with E-state index in [4.69, 9.17) is 4.42 Å². The Kier molecular flexibility index (Phi) is 4.99. The molecule has 1 saturated heterocycles. The van der Waals surface area contributed by atoms with Gasteiger partial charge in [0.25, 0.3) is 0 Å². The van der Waals surface area contributed by atoms with Crippen LogP contribution in [-0.4, -0.2) is 33.8 Å². The fraction of sp³-hybridized carbons (Fsp3) is 0.263. The van der Waals surface area contributed by atoms with Crippen molar-refractivity contribution < 1.29 is 9.21 Å². The fourth-order valence-electron chi connectivity index (χ4n) is 3.02. The average molecular weight is 370 g/mol.